The monoisotopic (exact) mass is 332 g/mol. The normalized spacial score (nSPS) is 17.3. The Bertz CT molecular complexity index is 717. The summed E-state index contributed by atoms with van der Waals surface area (Å²) in [7, 11) is 0. The minimum atomic E-state index is -0.497. The standard InChI is InChI=1S/C18H18ClFN2O/c1-12-4-6-13(7-5-12)17-3-2-10-22(17)18(23)21-14-8-9-16(20)15(19)11-14/h4-9,11,17H,2-3,10H2,1H3,(H,21,23). The van der Waals surface area contributed by atoms with Crippen LogP contribution >= 0.6 is 11.6 Å². The molecule has 5 heteroatoms. The maximum absolute atomic E-state index is 13.2. The van der Waals surface area contributed by atoms with Crippen molar-refractivity contribution in [3.05, 3.63) is 64.4 Å². The highest BCUT2D eigenvalue weighted by molar-refractivity contribution is 6.31. The second-order valence-electron chi connectivity index (χ2n) is 5.82. The zero-order chi connectivity index (χ0) is 16.4. The smallest absolute Gasteiger partial charge is 0.317 e. The number of carbonyl (C=O) groups excluding carboxylic acids is 1. The van der Waals surface area contributed by atoms with Crippen molar-refractivity contribution in [3.63, 3.8) is 0 Å². The van der Waals surface area contributed by atoms with Crippen LogP contribution in [0, 0.1) is 12.7 Å². The predicted octanol–water partition coefficient (Wildman–Crippen LogP) is 5.16. The first-order valence-corrected chi connectivity index (χ1v) is 8.01. The highest BCUT2D eigenvalue weighted by Gasteiger charge is 2.29. The number of nitrogens with one attached hydrogen (secondary N) is 1. The lowest BCUT2D eigenvalue weighted by molar-refractivity contribution is 0.207. The molecule has 0 aromatic heterocycles. The van der Waals surface area contributed by atoms with Gasteiger partial charge in [-0.2, -0.15) is 0 Å². The average molecular weight is 333 g/mol. The van der Waals surface area contributed by atoms with E-state index in [0.29, 0.717) is 12.2 Å². The number of rotatable bonds is 2. The summed E-state index contributed by atoms with van der Waals surface area (Å²) in [5, 5.41) is 2.80. The Labute approximate surface area is 140 Å². The molecule has 3 rings (SSSR count). The minimum absolute atomic E-state index is 0.000642. The summed E-state index contributed by atoms with van der Waals surface area (Å²) >= 11 is 5.76. The summed E-state index contributed by atoms with van der Waals surface area (Å²) in [6.45, 7) is 2.75. The fraction of sp³-hybridized carbons (Fsp3) is 0.278. The second kappa shape index (κ2) is 6.59. The van der Waals surface area contributed by atoms with Crippen LogP contribution < -0.4 is 5.32 Å². The molecule has 1 aliphatic heterocycles. The number of carbonyl (C=O) groups is 1. The first-order chi connectivity index (χ1) is 11.0. The molecule has 0 spiro atoms. The SMILES string of the molecule is Cc1ccc(C2CCCN2C(=O)Nc2ccc(F)c(Cl)c2)cc1. The molecule has 3 nitrogen and oxygen atoms in total. The molecule has 0 saturated carbocycles. The Morgan fingerprint density at radius 1 is 1.26 bits per heavy atom. The topological polar surface area (TPSA) is 32.3 Å². The van der Waals surface area contributed by atoms with Gasteiger partial charge in [0.25, 0.3) is 0 Å². The lowest BCUT2D eigenvalue weighted by Crippen LogP contribution is -2.34. The van der Waals surface area contributed by atoms with Gasteiger partial charge in [-0.1, -0.05) is 41.4 Å². The van der Waals surface area contributed by atoms with E-state index in [9.17, 15) is 9.18 Å². The number of hydrogen-bond acceptors (Lipinski definition) is 1. The summed E-state index contributed by atoms with van der Waals surface area (Å²) in [6.07, 6.45) is 1.91. The predicted molar refractivity (Wildman–Crippen MR) is 90.3 cm³/mol. The van der Waals surface area contributed by atoms with Crippen molar-refractivity contribution in [2.24, 2.45) is 0 Å². The third-order valence-corrected chi connectivity index (χ3v) is 4.44. The van der Waals surface area contributed by atoms with E-state index >= 15 is 0 Å². The number of benzene rings is 2. The fourth-order valence-electron chi connectivity index (χ4n) is 2.91. The van der Waals surface area contributed by atoms with E-state index in [-0.39, 0.29) is 17.1 Å². The van der Waals surface area contributed by atoms with Gasteiger partial charge in [-0.05, 0) is 43.5 Å². The molecule has 1 atom stereocenters. The van der Waals surface area contributed by atoms with Crippen molar-refractivity contribution in [1.29, 1.82) is 0 Å². The van der Waals surface area contributed by atoms with Gasteiger partial charge in [0.15, 0.2) is 0 Å². The maximum Gasteiger partial charge on any atom is 0.322 e. The molecule has 120 valence electrons. The van der Waals surface area contributed by atoms with Gasteiger partial charge < -0.3 is 10.2 Å². The highest BCUT2D eigenvalue weighted by atomic mass is 35.5. The van der Waals surface area contributed by atoms with Crippen LogP contribution in [0.25, 0.3) is 0 Å². The Balaban J connectivity index is 1.75. The van der Waals surface area contributed by atoms with Crippen LogP contribution in [0.4, 0.5) is 14.9 Å². The summed E-state index contributed by atoms with van der Waals surface area (Å²) in [5.74, 6) is -0.497. The molecule has 1 heterocycles. The molecule has 1 saturated heterocycles. The maximum atomic E-state index is 13.2. The third kappa shape index (κ3) is 3.48. The Morgan fingerprint density at radius 2 is 2.00 bits per heavy atom. The second-order valence-corrected chi connectivity index (χ2v) is 6.23. The molecule has 1 unspecified atom stereocenters. The quantitative estimate of drug-likeness (QED) is 0.809. The van der Waals surface area contributed by atoms with E-state index in [0.717, 1.165) is 18.4 Å². The van der Waals surface area contributed by atoms with E-state index in [2.05, 4.69) is 29.6 Å². The van der Waals surface area contributed by atoms with Crippen LogP contribution in [0.1, 0.15) is 30.0 Å². The van der Waals surface area contributed by atoms with Crippen LogP contribution in [0.3, 0.4) is 0 Å². The van der Waals surface area contributed by atoms with Gasteiger partial charge in [-0.3, -0.25) is 0 Å². The fourth-order valence-corrected chi connectivity index (χ4v) is 3.09. The molecule has 1 aliphatic rings. The summed E-state index contributed by atoms with van der Waals surface area (Å²) in [5.41, 5.74) is 2.83. The van der Waals surface area contributed by atoms with Crippen molar-refractivity contribution in [3.8, 4) is 0 Å². The largest absolute Gasteiger partial charge is 0.322 e. The number of urea groups is 1. The molecule has 0 aliphatic carbocycles. The van der Waals surface area contributed by atoms with Crippen LogP contribution in [-0.4, -0.2) is 17.5 Å². The third-order valence-electron chi connectivity index (χ3n) is 4.15. The van der Waals surface area contributed by atoms with E-state index in [4.69, 9.17) is 11.6 Å². The zero-order valence-electron chi connectivity index (χ0n) is 12.9. The van der Waals surface area contributed by atoms with Gasteiger partial charge in [0.1, 0.15) is 5.82 Å². The Hall–Kier alpha value is -2.07. The number of halogens is 2. The molecule has 1 fully saturated rings. The first kappa shape index (κ1) is 15.8. The summed E-state index contributed by atoms with van der Waals surface area (Å²) in [4.78, 5) is 14.4. The molecular formula is C18H18ClFN2O. The number of nitrogens with zero attached hydrogens (tertiary/aromatic N) is 1. The summed E-state index contributed by atoms with van der Waals surface area (Å²) < 4.78 is 13.2. The molecule has 23 heavy (non-hydrogen) atoms. The lowest BCUT2D eigenvalue weighted by Gasteiger charge is -2.25. The van der Waals surface area contributed by atoms with Crippen LogP contribution in [-0.2, 0) is 0 Å². The van der Waals surface area contributed by atoms with Crippen molar-refractivity contribution >= 4 is 23.3 Å². The molecule has 0 radical (unpaired) electrons. The van der Waals surface area contributed by atoms with E-state index in [1.54, 1.807) is 0 Å². The highest BCUT2D eigenvalue weighted by Crippen LogP contribution is 2.32. The lowest BCUT2D eigenvalue weighted by atomic mass is 10.0. The van der Waals surface area contributed by atoms with Gasteiger partial charge in [0.05, 0.1) is 11.1 Å². The molecule has 2 aromatic carbocycles. The van der Waals surface area contributed by atoms with Crippen molar-refractivity contribution in [2.45, 2.75) is 25.8 Å². The first-order valence-electron chi connectivity index (χ1n) is 7.64. The van der Waals surface area contributed by atoms with Gasteiger partial charge >= 0.3 is 6.03 Å². The minimum Gasteiger partial charge on any atom is -0.317 e. The number of likely N-dealkylation sites (tertiary alicyclic amines) is 1. The van der Waals surface area contributed by atoms with Crippen LogP contribution in [0.5, 0.6) is 0 Å². The molecule has 1 N–H and O–H groups in total. The van der Waals surface area contributed by atoms with E-state index < -0.39 is 5.82 Å². The average Bonchev–Trinajstić information content (AvgIpc) is 3.01. The van der Waals surface area contributed by atoms with Gasteiger partial charge in [0, 0.05) is 12.2 Å². The van der Waals surface area contributed by atoms with Crippen molar-refractivity contribution < 1.29 is 9.18 Å². The number of amides is 2. The van der Waals surface area contributed by atoms with E-state index in [1.807, 2.05) is 11.8 Å². The molecular weight excluding hydrogens is 315 g/mol. The molecule has 0 bridgehead atoms. The zero-order valence-corrected chi connectivity index (χ0v) is 13.6. The Kier molecular flexibility index (Phi) is 4.53. The van der Waals surface area contributed by atoms with Gasteiger partial charge in [-0.25, -0.2) is 9.18 Å². The van der Waals surface area contributed by atoms with Crippen LogP contribution in [0.15, 0.2) is 42.5 Å². The van der Waals surface area contributed by atoms with Crippen molar-refractivity contribution in [1.82, 2.24) is 4.90 Å². The molecule has 2 aromatic rings. The molecule has 2 amide bonds. The van der Waals surface area contributed by atoms with Crippen molar-refractivity contribution in [2.75, 3.05) is 11.9 Å². The van der Waals surface area contributed by atoms with Gasteiger partial charge in [-0.15, -0.1) is 0 Å². The van der Waals surface area contributed by atoms with Gasteiger partial charge in [0.2, 0.25) is 0 Å². The number of aryl methyl sites for hydroxylation is 1. The Morgan fingerprint density at radius 3 is 2.70 bits per heavy atom. The van der Waals surface area contributed by atoms with E-state index in [1.165, 1.54) is 23.8 Å². The summed E-state index contributed by atoms with van der Waals surface area (Å²) in [6, 6.07) is 12.3. The number of anilines is 1. The van der Waals surface area contributed by atoms with Crippen LogP contribution in [0.2, 0.25) is 5.02 Å². The number of hydrogen-bond donors (Lipinski definition) is 1.